The Kier molecular flexibility index (Phi) is 5.15. The lowest BCUT2D eigenvalue weighted by molar-refractivity contribution is -0.135. The molecule has 1 N–H and O–H groups in total. The Morgan fingerprint density at radius 1 is 1.61 bits per heavy atom. The van der Waals surface area contributed by atoms with E-state index in [2.05, 4.69) is 10.5 Å². The minimum Gasteiger partial charge on any atom is -0.360 e. The summed E-state index contributed by atoms with van der Waals surface area (Å²) in [4.78, 5) is 24.6. The van der Waals surface area contributed by atoms with Crippen LogP contribution < -0.4 is 5.32 Å². The number of amides is 2. The lowest BCUT2D eigenvalue weighted by atomic mass is 10.2. The standard InChI is InChI=1S/C11H16ClN3O3/c1-7(5-12)11(17)15(3)6-10(16)13-9-4-8(2)18-14-9/h4,7H,5-6H2,1-3H3,(H,13,14,16). The Balaban J connectivity index is 2.47. The Labute approximate surface area is 110 Å². The van der Waals surface area contributed by atoms with E-state index in [-0.39, 0.29) is 30.2 Å². The first-order valence-corrected chi connectivity index (χ1v) is 6.01. The van der Waals surface area contributed by atoms with Crippen molar-refractivity contribution in [1.29, 1.82) is 0 Å². The van der Waals surface area contributed by atoms with E-state index in [0.717, 1.165) is 0 Å². The number of carbonyl (C=O) groups is 2. The number of anilines is 1. The summed E-state index contributed by atoms with van der Waals surface area (Å²) in [5, 5.41) is 6.16. The van der Waals surface area contributed by atoms with Crippen LogP contribution in [0.4, 0.5) is 5.82 Å². The zero-order valence-electron chi connectivity index (χ0n) is 10.6. The molecule has 1 rings (SSSR count). The van der Waals surface area contributed by atoms with E-state index in [0.29, 0.717) is 11.6 Å². The summed E-state index contributed by atoms with van der Waals surface area (Å²) in [7, 11) is 1.55. The smallest absolute Gasteiger partial charge is 0.245 e. The summed E-state index contributed by atoms with van der Waals surface area (Å²) in [6.07, 6.45) is 0. The maximum atomic E-state index is 11.7. The summed E-state index contributed by atoms with van der Waals surface area (Å²) < 4.78 is 4.81. The van der Waals surface area contributed by atoms with Crippen molar-refractivity contribution in [2.45, 2.75) is 13.8 Å². The van der Waals surface area contributed by atoms with Crippen molar-refractivity contribution in [1.82, 2.24) is 10.1 Å². The van der Waals surface area contributed by atoms with Crippen LogP contribution >= 0.6 is 11.6 Å². The molecule has 0 radical (unpaired) electrons. The molecule has 0 aromatic carbocycles. The van der Waals surface area contributed by atoms with Gasteiger partial charge in [0.1, 0.15) is 5.76 Å². The van der Waals surface area contributed by atoms with Crippen molar-refractivity contribution in [3.8, 4) is 0 Å². The van der Waals surface area contributed by atoms with Crippen molar-refractivity contribution >= 4 is 29.2 Å². The summed E-state index contributed by atoms with van der Waals surface area (Å²) in [6, 6.07) is 1.60. The van der Waals surface area contributed by atoms with Gasteiger partial charge in [0.2, 0.25) is 11.8 Å². The van der Waals surface area contributed by atoms with Crippen LogP contribution in [-0.4, -0.2) is 41.3 Å². The Bertz CT molecular complexity index is 433. The average molecular weight is 274 g/mol. The molecule has 7 heteroatoms. The van der Waals surface area contributed by atoms with Crippen LogP contribution in [0.5, 0.6) is 0 Å². The van der Waals surface area contributed by atoms with Gasteiger partial charge in [-0.15, -0.1) is 11.6 Å². The molecule has 18 heavy (non-hydrogen) atoms. The van der Waals surface area contributed by atoms with Crippen molar-refractivity contribution in [3.63, 3.8) is 0 Å². The van der Waals surface area contributed by atoms with Gasteiger partial charge < -0.3 is 14.7 Å². The van der Waals surface area contributed by atoms with E-state index in [4.69, 9.17) is 16.1 Å². The SMILES string of the molecule is Cc1cc(NC(=O)CN(C)C(=O)C(C)CCl)no1. The third-order valence-electron chi connectivity index (χ3n) is 2.31. The van der Waals surface area contributed by atoms with Crippen molar-refractivity contribution in [3.05, 3.63) is 11.8 Å². The number of aryl methyl sites for hydroxylation is 1. The molecular weight excluding hydrogens is 258 g/mol. The fourth-order valence-electron chi connectivity index (χ4n) is 1.34. The summed E-state index contributed by atoms with van der Waals surface area (Å²) in [5.74, 6) is 0.359. The molecule has 1 aromatic rings. The second-order valence-corrected chi connectivity index (χ2v) is 4.43. The zero-order valence-corrected chi connectivity index (χ0v) is 11.3. The zero-order chi connectivity index (χ0) is 13.7. The van der Waals surface area contributed by atoms with E-state index in [1.807, 2.05) is 0 Å². The van der Waals surface area contributed by atoms with E-state index < -0.39 is 0 Å². The molecule has 100 valence electrons. The molecular formula is C11H16ClN3O3. The van der Waals surface area contributed by atoms with Crippen molar-refractivity contribution in [2.75, 3.05) is 24.8 Å². The normalized spacial score (nSPS) is 12.0. The van der Waals surface area contributed by atoms with Crippen LogP contribution in [-0.2, 0) is 9.59 Å². The van der Waals surface area contributed by atoms with Gasteiger partial charge in [-0.25, -0.2) is 0 Å². The first-order valence-electron chi connectivity index (χ1n) is 5.48. The lowest BCUT2D eigenvalue weighted by Gasteiger charge is -2.19. The van der Waals surface area contributed by atoms with Crippen LogP contribution in [0.25, 0.3) is 0 Å². The molecule has 0 saturated carbocycles. The minimum atomic E-state index is -0.332. The average Bonchev–Trinajstić information content (AvgIpc) is 2.72. The second-order valence-electron chi connectivity index (χ2n) is 4.12. The highest BCUT2D eigenvalue weighted by Gasteiger charge is 2.19. The number of rotatable bonds is 5. The highest BCUT2D eigenvalue weighted by Crippen LogP contribution is 2.07. The number of hydrogen-bond donors (Lipinski definition) is 1. The molecule has 6 nitrogen and oxygen atoms in total. The number of alkyl halides is 1. The number of carbonyl (C=O) groups excluding carboxylic acids is 2. The molecule has 0 aliphatic rings. The van der Waals surface area contributed by atoms with Crippen molar-refractivity contribution < 1.29 is 14.1 Å². The monoisotopic (exact) mass is 273 g/mol. The number of likely N-dealkylation sites (N-methyl/N-ethyl adjacent to an activating group) is 1. The molecule has 0 spiro atoms. The van der Waals surface area contributed by atoms with E-state index >= 15 is 0 Å². The second kappa shape index (κ2) is 6.39. The maximum Gasteiger partial charge on any atom is 0.245 e. The largest absolute Gasteiger partial charge is 0.360 e. The predicted octanol–water partition coefficient (Wildman–Crippen LogP) is 1.25. The van der Waals surface area contributed by atoms with Gasteiger partial charge in [0.15, 0.2) is 5.82 Å². The van der Waals surface area contributed by atoms with Crippen LogP contribution in [0, 0.1) is 12.8 Å². The molecule has 0 aliphatic carbocycles. The predicted molar refractivity (Wildman–Crippen MR) is 67.4 cm³/mol. The van der Waals surface area contributed by atoms with Crippen LogP contribution in [0.15, 0.2) is 10.6 Å². The third-order valence-corrected chi connectivity index (χ3v) is 2.77. The molecule has 0 bridgehead atoms. The number of nitrogens with zero attached hydrogens (tertiary/aromatic N) is 2. The highest BCUT2D eigenvalue weighted by molar-refractivity contribution is 6.19. The number of aromatic nitrogens is 1. The molecule has 1 heterocycles. The summed E-state index contributed by atoms with van der Waals surface area (Å²) in [6.45, 7) is 3.39. The molecule has 1 atom stereocenters. The first-order chi connectivity index (χ1) is 8.43. The van der Waals surface area contributed by atoms with Crippen LogP contribution in [0.1, 0.15) is 12.7 Å². The number of hydrogen-bond acceptors (Lipinski definition) is 4. The molecule has 0 saturated heterocycles. The van der Waals surface area contributed by atoms with Crippen LogP contribution in [0.3, 0.4) is 0 Å². The lowest BCUT2D eigenvalue weighted by Crippen LogP contribution is -2.38. The number of halogens is 1. The van der Waals surface area contributed by atoms with Gasteiger partial charge in [-0.3, -0.25) is 9.59 Å². The molecule has 0 aliphatic heterocycles. The summed E-state index contributed by atoms with van der Waals surface area (Å²) in [5.41, 5.74) is 0. The van der Waals surface area contributed by atoms with E-state index in [1.54, 1.807) is 27.0 Å². The van der Waals surface area contributed by atoms with Gasteiger partial charge in [-0.05, 0) is 6.92 Å². The molecule has 0 fully saturated rings. The van der Waals surface area contributed by atoms with E-state index in [9.17, 15) is 9.59 Å². The Hall–Kier alpha value is -1.56. The topological polar surface area (TPSA) is 75.4 Å². The van der Waals surface area contributed by atoms with Gasteiger partial charge in [0.25, 0.3) is 0 Å². The van der Waals surface area contributed by atoms with Gasteiger partial charge in [-0.2, -0.15) is 0 Å². The quantitative estimate of drug-likeness (QED) is 0.820. The van der Waals surface area contributed by atoms with E-state index in [1.165, 1.54) is 4.90 Å². The first kappa shape index (κ1) is 14.5. The van der Waals surface area contributed by atoms with Crippen LogP contribution in [0.2, 0.25) is 0 Å². The van der Waals surface area contributed by atoms with Gasteiger partial charge in [0, 0.05) is 24.9 Å². The molecule has 2 amide bonds. The minimum absolute atomic E-state index is 0.0496. The number of nitrogens with one attached hydrogen (secondary N) is 1. The van der Waals surface area contributed by atoms with Gasteiger partial charge in [0.05, 0.1) is 6.54 Å². The molecule has 1 aromatic heterocycles. The third kappa shape index (κ3) is 4.03. The van der Waals surface area contributed by atoms with Gasteiger partial charge >= 0.3 is 0 Å². The maximum absolute atomic E-state index is 11.7. The highest BCUT2D eigenvalue weighted by atomic mass is 35.5. The van der Waals surface area contributed by atoms with Crippen molar-refractivity contribution in [2.24, 2.45) is 5.92 Å². The Morgan fingerprint density at radius 2 is 2.28 bits per heavy atom. The fraction of sp³-hybridized carbons (Fsp3) is 0.545. The van der Waals surface area contributed by atoms with Gasteiger partial charge in [-0.1, -0.05) is 12.1 Å². The summed E-state index contributed by atoms with van der Waals surface area (Å²) >= 11 is 5.59. The molecule has 1 unspecified atom stereocenters. The Morgan fingerprint density at radius 3 is 2.78 bits per heavy atom. The fourth-order valence-corrected chi connectivity index (χ4v) is 1.48.